The highest BCUT2D eigenvalue weighted by molar-refractivity contribution is 6.23. The lowest BCUT2D eigenvalue weighted by molar-refractivity contribution is 1.18. The number of hydrogen-bond donors (Lipinski definition) is 0. The van der Waals surface area contributed by atoms with Gasteiger partial charge in [-0.2, -0.15) is 0 Å². The Morgan fingerprint density at radius 2 is 0.800 bits per heavy atom. The van der Waals surface area contributed by atoms with Gasteiger partial charge >= 0.3 is 0 Å². The second kappa shape index (κ2) is 12.6. The Morgan fingerprint density at radius 3 is 1.45 bits per heavy atom. The van der Waals surface area contributed by atoms with Gasteiger partial charge in [0.1, 0.15) is 0 Å². The van der Waals surface area contributed by atoms with E-state index in [0.717, 1.165) is 38.6 Å². The molecule has 11 aromatic rings. The minimum absolute atomic E-state index is 0.869. The fourth-order valence-electron chi connectivity index (χ4n) is 8.33. The first-order valence-corrected chi connectivity index (χ1v) is 18.7. The number of hydrogen-bond acceptors (Lipinski definition) is 2. The van der Waals surface area contributed by atoms with Crippen LogP contribution in [0.5, 0.6) is 0 Å². The van der Waals surface area contributed by atoms with E-state index in [1.54, 1.807) is 0 Å². The van der Waals surface area contributed by atoms with Gasteiger partial charge in [0.2, 0.25) is 0 Å². The second-order valence-corrected chi connectivity index (χ2v) is 14.2. The van der Waals surface area contributed by atoms with Crippen LogP contribution in [0.25, 0.3) is 105 Å². The van der Waals surface area contributed by atoms with Gasteiger partial charge in [-0.05, 0) is 74.5 Å². The third-order valence-corrected chi connectivity index (χ3v) is 11.0. The molecule has 3 heteroatoms. The molecule has 9 aromatic carbocycles. The van der Waals surface area contributed by atoms with E-state index in [2.05, 4.69) is 199 Å². The predicted octanol–water partition coefficient (Wildman–Crippen LogP) is 13.7. The molecule has 0 N–H and O–H groups in total. The van der Waals surface area contributed by atoms with Crippen molar-refractivity contribution in [2.24, 2.45) is 0 Å². The van der Waals surface area contributed by atoms with Crippen LogP contribution in [0, 0.1) is 0 Å². The van der Waals surface area contributed by atoms with Gasteiger partial charge in [-0.3, -0.25) is 4.98 Å². The molecule has 2 heterocycles. The molecule has 0 spiro atoms. The van der Waals surface area contributed by atoms with E-state index < -0.39 is 0 Å². The maximum Gasteiger partial charge on any atom is 0.0979 e. The van der Waals surface area contributed by atoms with Crippen LogP contribution in [0.3, 0.4) is 0 Å². The van der Waals surface area contributed by atoms with Crippen molar-refractivity contribution in [3.63, 3.8) is 0 Å². The molecule has 0 bridgehead atoms. The number of fused-ring (bicyclic) bond motifs is 9. The molecule has 0 radical (unpaired) electrons. The Labute approximate surface area is 318 Å². The minimum Gasteiger partial charge on any atom is -0.309 e. The predicted molar refractivity (Wildman–Crippen MR) is 231 cm³/mol. The Bertz CT molecular complexity index is 3200. The van der Waals surface area contributed by atoms with Crippen LogP contribution in [-0.2, 0) is 0 Å². The molecule has 0 amide bonds. The van der Waals surface area contributed by atoms with Gasteiger partial charge in [0.25, 0.3) is 0 Å². The van der Waals surface area contributed by atoms with E-state index in [4.69, 9.17) is 9.97 Å². The summed E-state index contributed by atoms with van der Waals surface area (Å²) in [5.41, 5.74) is 14.5. The lowest BCUT2D eigenvalue weighted by atomic mass is 9.96. The SMILES string of the molecule is c1ccc(-n2c3ccccc3c3ccc(-c4ccc(-c5cccc(-c6ccc(-c7cnc8c9ccccc9c9ccccc9c8n7)cc6)c5)cc4)cc32)cc1. The maximum atomic E-state index is 5.19. The minimum atomic E-state index is 0.869. The van der Waals surface area contributed by atoms with Crippen molar-refractivity contribution in [2.75, 3.05) is 0 Å². The van der Waals surface area contributed by atoms with E-state index in [1.165, 1.54) is 66.1 Å². The van der Waals surface area contributed by atoms with Crippen LogP contribution in [0.4, 0.5) is 0 Å². The summed E-state index contributed by atoms with van der Waals surface area (Å²) in [4.78, 5) is 10.1. The summed E-state index contributed by atoms with van der Waals surface area (Å²) in [5, 5.41) is 7.19. The molecule has 0 aliphatic carbocycles. The number of aromatic nitrogens is 3. The summed E-state index contributed by atoms with van der Waals surface area (Å²) in [6, 6.07) is 69.6. The topological polar surface area (TPSA) is 30.7 Å². The number of para-hydroxylation sites is 2. The van der Waals surface area contributed by atoms with Gasteiger partial charge in [-0.1, -0.05) is 164 Å². The normalized spacial score (nSPS) is 11.6. The van der Waals surface area contributed by atoms with Crippen LogP contribution in [0.1, 0.15) is 0 Å². The number of rotatable bonds is 5. The summed E-state index contributed by atoms with van der Waals surface area (Å²) in [6.45, 7) is 0. The summed E-state index contributed by atoms with van der Waals surface area (Å²) >= 11 is 0. The quantitative estimate of drug-likeness (QED) is 0.167. The van der Waals surface area contributed by atoms with Gasteiger partial charge in [0, 0.05) is 32.8 Å². The highest BCUT2D eigenvalue weighted by atomic mass is 15.0. The Hall–Kier alpha value is -7.36. The van der Waals surface area contributed by atoms with Gasteiger partial charge < -0.3 is 4.57 Å². The van der Waals surface area contributed by atoms with Crippen molar-refractivity contribution in [3.05, 3.63) is 200 Å². The van der Waals surface area contributed by atoms with E-state index in [1.807, 2.05) is 6.20 Å². The van der Waals surface area contributed by atoms with Gasteiger partial charge in [-0.15, -0.1) is 0 Å². The molecule has 0 unspecified atom stereocenters. The Kier molecular flexibility index (Phi) is 7.17. The molecular weight excluding hydrogens is 667 g/mol. The zero-order valence-corrected chi connectivity index (χ0v) is 29.9. The number of nitrogens with zero attached hydrogens (tertiary/aromatic N) is 3. The first kappa shape index (κ1) is 31.2. The molecule has 3 nitrogen and oxygen atoms in total. The summed E-state index contributed by atoms with van der Waals surface area (Å²) < 4.78 is 2.37. The van der Waals surface area contributed by atoms with Crippen LogP contribution in [-0.4, -0.2) is 14.5 Å². The average molecular weight is 700 g/mol. The van der Waals surface area contributed by atoms with Gasteiger partial charge in [0.15, 0.2) is 0 Å². The molecule has 0 aliphatic rings. The molecule has 0 aliphatic heterocycles. The van der Waals surface area contributed by atoms with Crippen molar-refractivity contribution < 1.29 is 0 Å². The average Bonchev–Trinajstić information content (AvgIpc) is 3.60. The highest BCUT2D eigenvalue weighted by Gasteiger charge is 2.15. The largest absolute Gasteiger partial charge is 0.309 e. The maximum absolute atomic E-state index is 5.19. The van der Waals surface area contributed by atoms with Crippen molar-refractivity contribution in [1.29, 1.82) is 0 Å². The smallest absolute Gasteiger partial charge is 0.0979 e. The third-order valence-electron chi connectivity index (χ3n) is 11.0. The lowest BCUT2D eigenvalue weighted by Crippen LogP contribution is -1.93. The molecular formula is C52H33N3. The van der Waals surface area contributed by atoms with Crippen LogP contribution in [0.2, 0.25) is 0 Å². The molecule has 11 rings (SSSR count). The van der Waals surface area contributed by atoms with Crippen molar-refractivity contribution >= 4 is 54.4 Å². The van der Waals surface area contributed by atoms with E-state index >= 15 is 0 Å². The van der Waals surface area contributed by atoms with Crippen molar-refractivity contribution in [2.45, 2.75) is 0 Å². The molecule has 55 heavy (non-hydrogen) atoms. The van der Waals surface area contributed by atoms with E-state index in [0.29, 0.717) is 0 Å². The molecule has 256 valence electrons. The first-order valence-electron chi connectivity index (χ1n) is 18.7. The van der Waals surface area contributed by atoms with Crippen LogP contribution >= 0.6 is 0 Å². The molecule has 0 saturated heterocycles. The van der Waals surface area contributed by atoms with Crippen molar-refractivity contribution in [1.82, 2.24) is 14.5 Å². The molecule has 0 atom stereocenters. The number of benzene rings is 9. The van der Waals surface area contributed by atoms with Crippen LogP contribution in [0.15, 0.2) is 200 Å². The first-order chi connectivity index (χ1) is 27.3. The zero-order chi connectivity index (χ0) is 36.3. The Morgan fingerprint density at radius 1 is 0.309 bits per heavy atom. The van der Waals surface area contributed by atoms with Gasteiger partial charge in [-0.25, -0.2) is 4.98 Å². The van der Waals surface area contributed by atoms with E-state index in [9.17, 15) is 0 Å². The van der Waals surface area contributed by atoms with Gasteiger partial charge in [0.05, 0.1) is 34.0 Å². The van der Waals surface area contributed by atoms with Crippen LogP contribution < -0.4 is 0 Å². The molecule has 2 aromatic heterocycles. The second-order valence-electron chi connectivity index (χ2n) is 14.2. The standard InChI is InChI=1S/C52H33N3/c1-2-13-41(14-3-1)55-49-20-9-8-17-44(49)45-30-29-40(32-50(45)55)36-23-21-34(22-24-36)38-11-10-12-39(31-38)35-25-27-37(28-26-35)48-33-53-51-46-18-6-4-15-42(46)43-16-5-7-19-47(43)52(51)54-48/h1-33H. The van der Waals surface area contributed by atoms with Crippen molar-refractivity contribution in [3.8, 4) is 50.3 Å². The zero-order valence-electron chi connectivity index (χ0n) is 29.9. The monoisotopic (exact) mass is 699 g/mol. The molecule has 0 fully saturated rings. The summed E-state index contributed by atoms with van der Waals surface area (Å²) in [7, 11) is 0. The summed E-state index contributed by atoms with van der Waals surface area (Å²) in [6.07, 6.45) is 1.91. The lowest BCUT2D eigenvalue weighted by Gasteiger charge is -2.11. The van der Waals surface area contributed by atoms with E-state index in [-0.39, 0.29) is 0 Å². The highest BCUT2D eigenvalue weighted by Crippen LogP contribution is 2.37. The summed E-state index contributed by atoms with van der Waals surface area (Å²) in [5.74, 6) is 0. The fourth-order valence-corrected chi connectivity index (χ4v) is 8.33. The fraction of sp³-hybridized carbons (Fsp3) is 0. The molecule has 0 saturated carbocycles. The third kappa shape index (κ3) is 5.20. The Balaban J connectivity index is 0.897.